The van der Waals surface area contributed by atoms with Crippen molar-refractivity contribution < 1.29 is 0 Å². The van der Waals surface area contributed by atoms with Crippen LogP contribution >= 0.6 is 0 Å². The van der Waals surface area contributed by atoms with E-state index in [1.165, 1.54) is 158 Å². The molecule has 3 heteroatoms. The molecular formula is C58H45BN2. The molecule has 0 atom stereocenters. The molecule has 8 aromatic carbocycles. The molecule has 2 spiro atoms. The summed E-state index contributed by atoms with van der Waals surface area (Å²) in [5.74, 6) is 0. The van der Waals surface area contributed by atoms with E-state index in [9.17, 15) is 0 Å². The van der Waals surface area contributed by atoms with Gasteiger partial charge in [0.05, 0.1) is 5.69 Å². The van der Waals surface area contributed by atoms with Crippen LogP contribution in [0.25, 0.3) is 33.4 Å². The van der Waals surface area contributed by atoms with Gasteiger partial charge in [-0.3, -0.25) is 0 Å². The summed E-state index contributed by atoms with van der Waals surface area (Å²) >= 11 is 0. The Bertz CT molecular complexity index is 3120. The number of hydrogen-bond donors (Lipinski definition) is 0. The van der Waals surface area contributed by atoms with E-state index in [-0.39, 0.29) is 17.5 Å². The summed E-state index contributed by atoms with van der Waals surface area (Å²) in [5, 5.41) is 0. The smallest absolute Gasteiger partial charge is 0.252 e. The van der Waals surface area contributed by atoms with Gasteiger partial charge >= 0.3 is 0 Å². The zero-order valence-corrected chi connectivity index (χ0v) is 34.4. The molecule has 2 nitrogen and oxygen atoms in total. The predicted molar refractivity (Wildman–Crippen MR) is 255 cm³/mol. The van der Waals surface area contributed by atoms with E-state index in [1.54, 1.807) is 0 Å². The van der Waals surface area contributed by atoms with Gasteiger partial charge in [0.2, 0.25) is 0 Å². The summed E-state index contributed by atoms with van der Waals surface area (Å²) in [6.45, 7) is 0.0496. The Morgan fingerprint density at radius 3 is 1.66 bits per heavy atom. The molecule has 0 amide bonds. The van der Waals surface area contributed by atoms with Crippen molar-refractivity contribution >= 4 is 57.2 Å². The maximum atomic E-state index is 2.65. The monoisotopic (exact) mass is 780 g/mol. The first-order valence-corrected chi connectivity index (χ1v) is 22.7. The molecule has 4 aliphatic carbocycles. The molecule has 6 aliphatic rings. The van der Waals surface area contributed by atoms with Crippen LogP contribution in [0.15, 0.2) is 176 Å². The molecule has 0 unspecified atom stereocenters. The number of anilines is 6. The lowest BCUT2D eigenvalue weighted by Gasteiger charge is -2.45. The van der Waals surface area contributed by atoms with Crippen LogP contribution in [0.3, 0.4) is 0 Å². The number of hydrogen-bond acceptors (Lipinski definition) is 2. The van der Waals surface area contributed by atoms with Crippen LogP contribution in [-0.2, 0) is 10.8 Å². The van der Waals surface area contributed by atoms with E-state index < -0.39 is 0 Å². The number of rotatable bonds is 3. The number of nitrogens with zero attached hydrogens (tertiary/aromatic N) is 2. The van der Waals surface area contributed by atoms with Crippen LogP contribution < -0.4 is 26.2 Å². The Kier molecular flexibility index (Phi) is 7.00. The first-order valence-electron chi connectivity index (χ1n) is 22.7. The third kappa shape index (κ3) is 4.44. The first-order chi connectivity index (χ1) is 30.2. The van der Waals surface area contributed by atoms with E-state index in [0.29, 0.717) is 0 Å². The van der Waals surface area contributed by atoms with Crippen LogP contribution in [0.1, 0.15) is 73.6 Å². The molecule has 61 heavy (non-hydrogen) atoms. The van der Waals surface area contributed by atoms with Gasteiger partial charge < -0.3 is 9.80 Å². The molecule has 290 valence electrons. The molecular weight excluding hydrogens is 735 g/mol. The highest BCUT2D eigenvalue weighted by atomic mass is 15.2. The molecule has 2 heterocycles. The van der Waals surface area contributed by atoms with Gasteiger partial charge in [-0.05, 0) is 135 Å². The summed E-state index contributed by atoms with van der Waals surface area (Å²) in [5.41, 5.74) is 26.3. The molecule has 2 fully saturated rings. The summed E-state index contributed by atoms with van der Waals surface area (Å²) in [6, 6.07) is 67.9. The Morgan fingerprint density at radius 2 is 0.934 bits per heavy atom. The van der Waals surface area contributed by atoms with Gasteiger partial charge in [-0.1, -0.05) is 159 Å². The summed E-state index contributed by atoms with van der Waals surface area (Å²) in [6.07, 6.45) is 9.99. The molecule has 2 saturated carbocycles. The lowest BCUT2D eigenvalue weighted by molar-refractivity contribution is 0.550. The quantitative estimate of drug-likeness (QED) is 0.165. The van der Waals surface area contributed by atoms with Crippen LogP contribution in [0.5, 0.6) is 0 Å². The second-order valence-corrected chi connectivity index (χ2v) is 18.6. The Hall–Kier alpha value is -6.58. The van der Waals surface area contributed by atoms with Crippen LogP contribution in [0, 0.1) is 0 Å². The predicted octanol–water partition coefficient (Wildman–Crippen LogP) is 13.1. The van der Waals surface area contributed by atoms with E-state index in [0.717, 1.165) is 0 Å². The van der Waals surface area contributed by atoms with Crippen molar-refractivity contribution in [1.29, 1.82) is 0 Å². The zero-order chi connectivity index (χ0) is 39.9. The molecule has 8 aromatic rings. The molecule has 0 bridgehead atoms. The molecule has 0 saturated heterocycles. The van der Waals surface area contributed by atoms with Gasteiger partial charge in [0.1, 0.15) is 0 Å². The second kappa shape index (κ2) is 12.5. The Labute approximate surface area is 359 Å². The third-order valence-electron chi connectivity index (χ3n) is 15.9. The van der Waals surface area contributed by atoms with E-state index in [2.05, 4.69) is 186 Å². The van der Waals surface area contributed by atoms with Gasteiger partial charge in [-0.15, -0.1) is 0 Å². The lowest BCUT2D eigenvalue weighted by atomic mass is 9.33. The molecule has 2 aliphatic heterocycles. The van der Waals surface area contributed by atoms with Crippen molar-refractivity contribution in [2.45, 2.75) is 62.2 Å². The topological polar surface area (TPSA) is 6.48 Å². The molecule has 14 rings (SSSR count). The highest BCUT2D eigenvalue weighted by Crippen LogP contribution is 2.60. The minimum atomic E-state index is 0.0496. The first kappa shape index (κ1) is 34.2. The fourth-order valence-corrected chi connectivity index (χ4v) is 13.5. The summed E-state index contributed by atoms with van der Waals surface area (Å²) in [7, 11) is 0. The molecule has 0 radical (unpaired) electrons. The lowest BCUT2D eigenvalue weighted by Crippen LogP contribution is -2.61. The number of fused-ring (bicyclic) bond motifs is 14. The van der Waals surface area contributed by atoms with E-state index in [4.69, 9.17) is 0 Å². The summed E-state index contributed by atoms with van der Waals surface area (Å²) in [4.78, 5) is 5.27. The van der Waals surface area contributed by atoms with Crippen molar-refractivity contribution in [3.05, 3.63) is 198 Å². The van der Waals surface area contributed by atoms with E-state index >= 15 is 0 Å². The van der Waals surface area contributed by atoms with Gasteiger partial charge in [-0.25, -0.2) is 0 Å². The number of benzene rings is 8. The van der Waals surface area contributed by atoms with Crippen molar-refractivity contribution in [3.63, 3.8) is 0 Å². The SMILES string of the molecule is c1ccc(-c2ccc3c4c2N(c2ccccc2)c2cc5c(cc2B4c2ccccc2N3c2ccc3c(c2)C2(CCCC2)c2ccccc2-3)-c2ccccc2C52CCCC2)cc1. The summed E-state index contributed by atoms with van der Waals surface area (Å²) < 4.78 is 0. The van der Waals surface area contributed by atoms with Crippen molar-refractivity contribution in [1.82, 2.24) is 0 Å². The fourth-order valence-electron chi connectivity index (χ4n) is 13.5. The minimum Gasteiger partial charge on any atom is -0.311 e. The minimum absolute atomic E-state index is 0.0496. The third-order valence-corrected chi connectivity index (χ3v) is 15.9. The molecule has 0 N–H and O–H groups in total. The normalized spacial score (nSPS) is 17.5. The zero-order valence-electron chi connectivity index (χ0n) is 34.4. The average molecular weight is 781 g/mol. The maximum absolute atomic E-state index is 2.65. The highest BCUT2D eigenvalue weighted by molar-refractivity contribution is 7.00. The largest absolute Gasteiger partial charge is 0.311 e. The Balaban J connectivity index is 1.07. The van der Waals surface area contributed by atoms with Crippen molar-refractivity contribution in [2.24, 2.45) is 0 Å². The van der Waals surface area contributed by atoms with Gasteiger partial charge in [-0.2, -0.15) is 0 Å². The van der Waals surface area contributed by atoms with Gasteiger partial charge in [0.25, 0.3) is 6.71 Å². The van der Waals surface area contributed by atoms with Gasteiger partial charge in [0.15, 0.2) is 0 Å². The van der Waals surface area contributed by atoms with Crippen LogP contribution in [-0.4, -0.2) is 6.71 Å². The van der Waals surface area contributed by atoms with Gasteiger partial charge in [0, 0.05) is 44.8 Å². The fraction of sp³-hybridized carbons (Fsp3) is 0.172. The molecule has 0 aromatic heterocycles. The average Bonchev–Trinajstić information content (AvgIpc) is 4.13. The maximum Gasteiger partial charge on any atom is 0.252 e. The van der Waals surface area contributed by atoms with E-state index in [1.807, 2.05) is 0 Å². The highest BCUT2D eigenvalue weighted by Gasteiger charge is 2.50. The van der Waals surface area contributed by atoms with Crippen molar-refractivity contribution in [2.75, 3.05) is 9.80 Å². The second-order valence-electron chi connectivity index (χ2n) is 18.6. The standard InChI is InChI=1S/C58H45BN2/c1-3-17-38(18-4-1)41-29-30-53-55-56(41)61(39-19-5-2-6-20-39)54-37-49-45(43-22-8-10-24-47(43)58(49)33-15-16-34-58)36-51(54)59(55)50-25-11-12-26-52(50)60(53)40-27-28-44-42-21-7-9-23-46(42)57(48(44)35-40)31-13-14-32-57/h1-12,17-30,35-37H,13-16,31-34H2. The van der Waals surface area contributed by atoms with Crippen molar-refractivity contribution in [3.8, 4) is 33.4 Å². The number of para-hydroxylation sites is 2. The Morgan fingerprint density at radius 1 is 0.361 bits per heavy atom. The van der Waals surface area contributed by atoms with Crippen LogP contribution in [0.4, 0.5) is 34.1 Å². The van der Waals surface area contributed by atoms with Crippen LogP contribution in [0.2, 0.25) is 0 Å².